The number of hydrogen-bond acceptors (Lipinski definition) is 12. The van der Waals surface area contributed by atoms with Crippen LogP contribution in [0.1, 0.15) is 183 Å². The number of hydrogen-bond donors (Lipinski definition) is 4. The molecule has 0 saturated carbocycles. The molecule has 0 saturated heterocycles. The first-order valence-corrected chi connectivity index (χ1v) is 31.3. The number of aromatic nitrogens is 12. The molecule has 0 fully saturated rings. The van der Waals surface area contributed by atoms with Crippen LogP contribution in [0.4, 0.5) is 0 Å². The number of methoxy groups -OCH3 is 2. The molecule has 15 rings (SSSR count). The van der Waals surface area contributed by atoms with Gasteiger partial charge in [-0.3, -0.25) is 19.6 Å². The number of allylic oxidation sites excluding steroid dienone is 4. The number of carbonyl (C=O) groups excluding carboxylic acids is 2. The zero-order chi connectivity index (χ0) is 62.6. The molecule has 12 heterocycles. The topological polar surface area (TPSA) is 219 Å². The molecule has 0 radical (unpaired) electrons. The summed E-state index contributed by atoms with van der Waals surface area (Å²) < 4.78 is 10.5. The van der Waals surface area contributed by atoms with Crippen LogP contribution in [0.3, 0.4) is 0 Å². The number of fused-ring (bicyclic) bond motifs is 24. The SMILES string of the molecule is C=Cc1c(C)c2cc3nc(c4c5[nH]c(cc6nc(cc1[nH]2)C(C)=C6CC)c(C)c5-c1nc2cc5nc6c(nc5cc2nc1-4)-c1c(C)c2cc4nc(cc5[nH]c(cc7nc(c-6c1[nH]2)C(CCC(=O)OC)C7C)c(C)c5C=C)C(C)=C4CC)C(CCC(=O)OC)C3C. The minimum Gasteiger partial charge on any atom is -0.469 e. The standard InChI is InChI=1S/C74H70N12O4/c1-15-39-31(5)45-23-49-35(9)43(19-21-61(87)89-13)67(79-49)65-69-63(37(11)51(81-69)27-55-41(17-3)33(7)47(77-55)25-53(39)75-45)71-73(65)85-59-29-58-60(30-57(59)83-71)86-74-66-68-44(20-22-62(88)90-14)36(10)50(80-68)24-46-32(6)40(16-2)54(76-46)26-48-34(8)42(18-4)56(78-48)28-52-38(12)64(70(66)82-52)72(74)84-58/h15-16,23-30,35-36,43-44,75-76,81-82H,1-2,17-22H2,3-14H3. The molecule has 2 aliphatic carbocycles. The Bertz CT molecular complexity index is 4910. The number of H-pyrrole nitrogens is 4. The van der Waals surface area contributed by atoms with E-state index in [0.29, 0.717) is 46.3 Å². The van der Waals surface area contributed by atoms with Crippen molar-refractivity contribution in [3.8, 4) is 45.0 Å². The average molecular weight is 1190 g/mol. The fourth-order valence-corrected chi connectivity index (χ4v) is 15.2. The van der Waals surface area contributed by atoms with E-state index in [1.807, 2.05) is 24.3 Å². The van der Waals surface area contributed by atoms with Crippen LogP contribution in [-0.2, 0) is 19.1 Å². The minimum atomic E-state index is -0.278. The Morgan fingerprint density at radius 3 is 1.17 bits per heavy atom. The Morgan fingerprint density at radius 1 is 0.456 bits per heavy atom. The zero-order valence-corrected chi connectivity index (χ0v) is 53.0. The average Bonchev–Trinajstić information content (AvgIpc) is 1.55. The summed E-state index contributed by atoms with van der Waals surface area (Å²) in [5, 5.41) is 0. The number of carbonyl (C=O) groups is 2. The van der Waals surface area contributed by atoms with E-state index in [1.54, 1.807) is 0 Å². The summed E-state index contributed by atoms with van der Waals surface area (Å²) in [4.78, 5) is 85.8. The van der Waals surface area contributed by atoms with E-state index in [9.17, 15) is 9.59 Å². The van der Waals surface area contributed by atoms with E-state index in [1.165, 1.54) is 25.4 Å². The smallest absolute Gasteiger partial charge is 0.305 e. The van der Waals surface area contributed by atoms with Crippen molar-refractivity contribution in [2.75, 3.05) is 14.2 Å². The van der Waals surface area contributed by atoms with Crippen molar-refractivity contribution in [2.24, 2.45) is 0 Å². The van der Waals surface area contributed by atoms with E-state index >= 15 is 0 Å². The van der Waals surface area contributed by atoms with Gasteiger partial charge < -0.3 is 29.4 Å². The van der Waals surface area contributed by atoms with Gasteiger partial charge in [0.2, 0.25) is 0 Å². The highest BCUT2D eigenvalue weighted by molar-refractivity contribution is 6.12. The number of benzene rings is 1. The largest absolute Gasteiger partial charge is 0.469 e. The van der Waals surface area contributed by atoms with Crippen molar-refractivity contribution in [1.82, 2.24) is 59.8 Å². The first-order valence-electron chi connectivity index (χ1n) is 31.3. The number of nitrogens with zero attached hydrogens (tertiary/aromatic N) is 8. The molecule has 4 atom stereocenters. The van der Waals surface area contributed by atoms with Gasteiger partial charge in [0.05, 0.1) is 92.9 Å². The third kappa shape index (κ3) is 8.31. The molecule has 450 valence electrons. The highest BCUT2D eigenvalue weighted by Crippen LogP contribution is 2.55. The van der Waals surface area contributed by atoms with Gasteiger partial charge >= 0.3 is 11.9 Å². The minimum absolute atomic E-state index is 0.0871. The Balaban J connectivity index is 1.00. The fourth-order valence-electron chi connectivity index (χ4n) is 15.2. The fraction of sp³-hybridized carbons (Fsp3) is 0.297. The van der Waals surface area contributed by atoms with Crippen LogP contribution in [0.25, 0.3) is 146 Å². The number of rotatable bonds is 10. The molecule has 0 amide bonds. The molecular formula is C74H70N12O4. The molecule has 0 spiro atoms. The number of nitrogens with one attached hydrogen (secondary N) is 4. The number of esters is 2. The summed E-state index contributed by atoms with van der Waals surface area (Å²) in [6, 6.07) is 16.9. The van der Waals surface area contributed by atoms with Gasteiger partial charge in [0, 0.05) is 114 Å². The number of ether oxygens (including phenoxy) is 2. The summed E-state index contributed by atoms with van der Waals surface area (Å²) in [6.07, 6.45) is 6.83. The van der Waals surface area contributed by atoms with Gasteiger partial charge in [0.15, 0.2) is 0 Å². The molecule has 4 unspecified atom stereocenters. The van der Waals surface area contributed by atoms with E-state index < -0.39 is 0 Å². The normalized spacial score (nSPS) is 17.0. The highest BCUT2D eigenvalue weighted by Gasteiger charge is 2.40. The number of aryl methyl sites for hydroxylation is 4. The predicted octanol–water partition coefficient (Wildman–Crippen LogP) is 17.0. The van der Waals surface area contributed by atoms with Crippen LogP contribution in [-0.4, -0.2) is 86.0 Å². The highest BCUT2D eigenvalue weighted by atomic mass is 16.5. The summed E-state index contributed by atoms with van der Waals surface area (Å²) in [7, 11) is 2.88. The molecule has 16 nitrogen and oxygen atoms in total. The van der Waals surface area contributed by atoms with Gasteiger partial charge in [0.25, 0.3) is 0 Å². The number of aromatic amines is 4. The molecule has 8 aromatic heterocycles. The predicted molar refractivity (Wildman–Crippen MR) is 360 cm³/mol. The second-order valence-corrected chi connectivity index (χ2v) is 25.0. The first kappa shape index (κ1) is 56.5. The Hall–Kier alpha value is -9.96. The van der Waals surface area contributed by atoms with Gasteiger partial charge in [-0.25, -0.2) is 29.9 Å². The Labute approximate surface area is 520 Å². The lowest BCUT2D eigenvalue weighted by molar-refractivity contribution is -0.141. The van der Waals surface area contributed by atoms with Gasteiger partial charge in [-0.1, -0.05) is 53.0 Å². The van der Waals surface area contributed by atoms with Gasteiger partial charge in [0.1, 0.15) is 11.4 Å². The maximum atomic E-state index is 13.1. The molecule has 1 aromatic carbocycles. The molecule has 6 aliphatic rings. The van der Waals surface area contributed by atoms with Crippen molar-refractivity contribution in [3.05, 3.63) is 141 Å². The first-order chi connectivity index (χ1) is 43.4. The van der Waals surface area contributed by atoms with Gasteiger partial charge in [-0.2, -0.15) is 0 Å². The molecule has 4 aliphatic heterocycles. The lowest BCUT2D eigenvalue weighted by Crippen LogP contribution is -2.08. The van der Waals surface area contributed by atoms with Crippen LogP contribution >= 0.6 is 0 Å². The van der Waals surface area contributed by atoms with Crippen LogP contribution < -0.4 is 0 Å². The molecule has 16 bridgehead atoms. The van der Waals surface area contributed by atoms with Gasteiger partial charge in [-0.15, -0.1) is 0 Å². The van der Waals surface area contributed by atoms with Crippen molar-refractivity contribution in [1.29, 1.82) is 0 Å². The van der Waals surface area contributed by atoms with Crippen molar-refractivity contribution in [2.45, 2.75) is 131 Å². The summed E-state index contributed by atoms with van der Waals surface area (Å²) in [5.74, 6) is -1.10. The summed E-state index contributed by atoms with van der Waals surface area (Å²) in [5.41, 5.74) is 34.1. The summed E-state index contributed by atoms with van der Waals surface area (Å²) in [6.45, 7) is 30.0. The second kappa shape index (κ2) is 20.8. The maximum Gasteiger partial charge on any atom is 0.305 e. The van der Waals surface area contributed by atoms with Crippen LogP contribution in [0.2, 0.25) is 0 Å². The molecule has 4 N–H and O–H groups in total. The molecule has 9 aromatic rings. The molecular weight excluding hydrogens is 1120 g/mol. The van der Waals surface area contributed by atoms with E-state index in [-0.39, 0.29) is 48.5 Å². The Kier molecular flexibility index (Phi) is 13.1. The quantitative estimate of drug-likeness (QED) is 0.0742. The third-order valence-corrected chi connectivity index (χ3v) is 20.4. The van der Waals surface area contributed by atoms with E-state index in [0.717, 1.165) is 181 Å². The maximum absolute atomic E-state index is 13.1. The molecule has 16 heteroatoms. The lowest BCUT2D eigenvalue weighted by atomic mass is 9.85. The van der Waals surface area contributed by atoms with Crippen molar-refractivity contribution >= 4 is 113 Å². The lowest BCUT2D eigenvalue weighted by Gasteiger charge is -2.17. The van der Waals surface area contributed by atoms with E-state index in [4.69, 9.17) is 49.3 Å². The monoisotopic (exact) mass is 1190 g/mol. The zero-order valence-electron chi connectivity index (χ0n) is 53.0. The van der Waals surface area contributed by atoms with Crippen molar-refractivity contribution < 1.29 is 19.1 Å². The molecule has 90 heavy (non-hydrogen) atoms. The summed E-state index contributed by atoms with van der Waals surface area (Å²) >= 11 is 0. The second-order valence-electron chi connectivity index (χ2n) is 25.0. The third-order valence-electron chi connectivity index (χ3n) is 20.4. The van der Waals surface area contributed by atoms with Crippen LogP contribution in [0.5, 0.6) is 0 Å². The van der Waals surface area contributed by atoms with Crippen molar-refractivity contribution in [3.63, 3.8) is 0 Å². The van der Waals surface area contributed by atoms with E-state index in [2.05, 4.69) is 139 Å². The van der Waals surface area contributed by atoms with Crippen LogP contribution in [0, 0.1) is 27.7 Å². The van der Waals surface area contributed by atoms with Crippen LogP contribution in [0.15, 0.2) is 61.7 Å². The van der Waals surface area contributed by atoms with Gasteiger partial charge in [-0.05, 0) is 160 Å². The Morgan fingerprint density at radius 2 is 0.811 bits per heavy atom.